The average Bonchev–Trinajstić information content (AvgIpc) is 3.35. The van der Waals surface area contributed by atoms with Gasteiger partial charge in [-0.3, -0.25) is 28.9 Å². The summed E-state index contributed by atoms with van der Waals surface area (Å²) < 4.78 is 0. The third-order valence-electron chi connectivity index (χ3n) is 11.1. The van der Waals surface area contributed by atoms with Gasteiger partial charge in [0.05, 0.1) is 17.3 Å². The summed E-state index contributed by atoms with van der Waals surface area (Å²) >= 11 is 0. The van der Waals surface area contributed by atoms with Crippen LogP contribution in [0.4, 0.5) is 0 Å². The summed E-state index contributed by atoms with van der Waals surface area (Å²) in [5, 5.41) is 21.1. The highest BCUT2D eigenvalue weighted by molar-refractivity contribution is 6.31. The predicted molar refractivity (Wildman–Crippen MR) is 182 cm³/mol. The van der Waals surface area contributed by atoms with Gasteiger partial charge in [-0.2, -0.15) is 0 Å². The Labute approximate surface area is 284 Å². The molecular weight excluding hydrogens is 618 g/mol. The summed E-state index contributed by atoms with van der Waals surface area (Å²) in [6.07, 6.45) is 5.86. The lowest BCUT2D eigenvalue weighted by Crippen LogP contribution is -2.58. The van der Waals surface area contributed by atoms with Crippen molar-refractivity contribution in [1.82, 2.24) is 4.90 Å². The first kappa shape index (κ1) is 32.2. The number of amides is 2. The van der Waals surface area contributed by atoms with E-state index in [1.165, 1.54) is 11.0 Å². The van der Waals surface area contributed by atoms with E-state index in [0.29, 0.717) is 34.2 Å². The molecule has 7 rings (SSSR count). The molecule has 6 atom stereocenters. The molecule has 0 radical (unpaired) electrons. The van der Waals surface area contributed by atoms with Crippen molar-refractivity contribution >= 4 is 34.9 Å². The Balaban J connectivity index is 1.46. The number of carboxylic acid groups (broad SMARTS) is 1. The molecule has 8 heteroatoms. The lowest BCUT2D eigenvalue weighted by atomic mass is 9.44. The van der Waals surface area contributed by atoms with Gasteiger partial charge in [-0.1, -0.05) is 96.6 Å². The number of Topliss-reactive ketones (excluding diaryl/α,β-unsaturated/α-hetero) is 1. The molecule has 3 aliphatic carbocycles. The Hall–Kier alpha value is -5.37. The molecule has 2 fully saturated rings. The highest BCUT2D eigenvalue weighted by Gasteiger charge is 2.66. The van der Waals surface area contributed by atoms with Gasteiger partial charge in [0.15, 0.2) is 11.6 Å². The summed E-state index contributed by atoms with van der Waals surface area (Å²) in [7, 11) is 0. The van der Waals surface area contributed by atoms with E-state index in [1.807, 2.05) is 60.7 Å². The molecule has 2 N–H and O–H groups in total. The van der Waals surface area contributed by atoms with Gasteiger partial charge in [0.1, 0.15) is 5.75 Å². The minimum Gasteiger partial charge on any atom is -0.507 e. The minimum atomic E-state index is -1.44. The zero-order valence-corrected chi connectivity index (χ0v) is 27.0. The van der Waals surface area contributed by atoms with Crippen molar-refractivity contribution in [2.24, 2.45) is 23.7 Å². The number of aromatic hydroxyl groups is 1. The molecule has 1 heterocycles. The second-order valence-corrected chi connectivity index (χ2v) is 13.5. The van der Waals surface area contributed by atoms with Crippen LogP contribution in [0.3, 0.4) is 0 Å². The number of phenols is 1. The smallest absolute Gasteiger partial charge is 0.303 e. The first-order valence-corrected chi connectivity index (χ1v) is 16.8. The van der Waals surface area contributed by atoms with E-state index in [1.54, 1.807) is 30.3 Å². The van der Waals surface area contributed by atoms with E-state index < -0.39 is 41.0 Å². The number of nitrogens with zero attached hydrogens (tertiary/aromatic N) is 1. The van der Waals surface area contributed by atoms with Crippen LogP contribution in [0.1, 0.15) is 53.9 Å². The summed E-state index contributed by atoms with van der Waals surface area (Å²) in [5.74, 6) is -5.93. The molecule has 0 spiro atoms. The summed E-state index contributed by atoms with van der Waals surface area (Å²) in [6.45, 7) is 3.85. The van der Waals surface area contributed by atoms with Crippen molar-refractivity contribution in [3.63, 3.8) is 0 Å². The first-order valence-electron chi connectivity index (χ1n) is 16.8. The van der Waals surface area contributed by atoms with Gasteiger partial charge in [-0.05, 0) is 54.4 Å². The number of aliphatic carboxylic acids is 1. The number of allylic oxidation sites excluding steroid dienone is 5. The Bertz CT molecular complexity index is 1940. The lowest BCUT2D eigenvalue weighted by Gasteiger charge is -2.55. The molecule has 0 bridgehead atoms. The number of rotatable bonds is 9. The van der Waals surface area contributed by atoms with Gasteiger partial charge in [0.25, 0.3) is 0 Å². The topological polar surface area (TPSA) is 129 Å². The fourth-order valence-electron chi connectivity index (χ4n) is 9.06. The zero-order chi connectivity index (χ0) is 34.4. The maximum absolute atomic E-state index is 15.1. The second kappa shape index (κ2) is 12.6. The SMILES string of the molecule is C=CCc1cccc([C@H]2C3=CC[C@@H]4C(=O)N(CCCC(=O)O)C(=O)[C@@H]4[C@@H]3C[C@H]3C(=O)C(c4ccccc4)=CC(=O)[C@@]23c2ccccc2)c1O. The predicted octanol–water partition coefficient (Wildman–Crippen LogP) is 5.81. The van der Waals surface area contributed by atoms with Crippen LogP contribution in [0.15, 0.2) is 109 Å². The number of ketones is 2. The molecule has 49 heavy (non-hydrogen) atoms. The quantitative estimate of drug-likeness (QED) is 0.220. The van der Waals surface area contributed by atoms with E-state index in [4.69, 9.17) is 0 Å². The zero-order valence-electron chi connectivity index (χ0n) is 27.0. The van der Waals surface area contributed by atoms with Crippen LogP contribution in [-0.4, -0.2) is 51.0 Å². The van der Waals surface area contributed by atoms with E-state index in [9.17, 15) is 29.4 Å². The molecule has 1 aliphatic heterocycles. The molecule has 1 saturated carbocycles. The number of hydrogen-bond acceptors (Lipinski definition) is 6. The minimum absolute atomic E-state index is 0.00251. The number of carbonyl (C=O) groups is 5. The average molecular weight is 656 g/mol. The van der Waals surface area contributed by atoms with E-state index in [0.717, 1.165) is 5.57 Å². The van der Waals surface area contributed by atoms with Gasteiger partial charge in [-0.15, -0.1) is 6.58 Å². The van der Waals surface area contributed by atoms with Crippen molar-refractivity contribution < 1.29 is 34.2 Å². The Kier molecular flexibility index (Phi) is 8.27. The third kappa shape index (κ3) is 5.00. The molecule has 0 aromatic heterocycles. The van der Waals surface area contributed by atoms with Crippen molar-refractivity contribution in [2.45, 2.75) is 43.4 Å². The Morgan fingerprint density at radius 3 is 2.33 bits per heavy atom. The van der Waals surface area contributed by atoms with Crippen LogP contribution >= 0.6 is 0 Å². The standard InChI is InChI=1S/C41H37NO7/c1-2-11-25-14-9-17-29(37(25)46)36-27-19-20-28-35(40(49)42(39(28)48)21-10-18-34(44)45)31(27)22-32-38(47)30(24-12-5-3-6-13-24)23-33(43)41(32,36)26-15-7-4-8-16-26/h2-9,12-17,19,23,28,31-32,35-36,46H,1,10-11,18,20-22H2,(H,44,45)/t28-,31+,32-,35-,36+,41-/m0/s1. The number of para-hydroxylation sites is 1. The number of imide groups is 1. The molecule has 4 aliphatic rings. The largest absolute Gasteiger partial charge is 0.507 e. The normalized spacial score (nSPS) is 27.5. The lowest BCUT2D eigenvalue weighted by molar-refractivity contribution is -0.142. The molecule has 1 saturated heterocycles. The van der Waals surface area contributed by atoms with Crippen LogP contribution in [0, 0.1) is 23.7 Å². The van der Waals surface area contributed by atoms with Crippen molar-refractivity contribution in [1.29, 1.82) is 0 Å². The van der Waals surface area contributed by atoms with Crippen molar-refractivity contribution in [3.8, 4) is 5.75 Å². The van der Waals surface area contributed by atoms with Crippen molar-refractivity contribution in [3.05, 3.63) is 131 Å². The maximum atomic E-state index is 15.1. The van der Waals surface area contributed by atoms with Gasteiger partial charge < -0.3 is 10.2 Å². The number of benzene rings is 3. The molecule has 3 aromatic rings. The van der Waals surface area contributed by atoms with Gasteiger partial charge in [-0.25, -0.2) is 0 Å². The summed E-state index contributed by atoms with van der Waals surface area (Å²) in [6, 6.07) is 23.7. The highest BCUT2D eigenvalue weighted by Crippen LogP contribution is 2.64. The fraction of sp³-hybridized carbons (Fsp3) is 0.293. The van der Waals surface area contributed by atoms with E-state index in [-0.39, 0.29) is 61.4 Å². The molecule has 2 amide bonds. The fourth-order valence-corrected chi connectivity index (χ4v) is 9.06. The Morgan fingerprint density at radius 1 is 0.918 bits per heavy atom. The highest BCUT2D eigenvalue weighted by atomic mass is 16.4. The van der Waals surface area contributed by atoms with Crippen LogP contribution < -0.4 is 0 Å². The first-order chi connectivity index (χ1) is 23.7. The van der Waals surface area contributed by atoms with Crippen LogP contribution in [0.25, 0.3) is 5.57 Å². The van der Waals surface area contributed by atoms with Crippen LogP contribution in [0.5, 0.6) is 5.75 Å². The van der Waals surface area contributed by atoms with Crippen LogP contribution in [-0.2, 0) is 35.8 Å². The molecule has 248 valence electrons. The summed E-state index contributed by atoms with van der Waals surface area (Å²) in [5.41, 5.74) is 1.99. The molecule has 3 aromatic carbocycles. The monoisotopic (exact) mass is 655 g/mol. The van der Waals surface area contributed by atoms with Gasteiger partial charge in [0.2, 0.25) is 11.8 Å². The number of fused-ring (bicyclic) bond motifs is 4. The second-order valence-electron chi connectivity index (χ2n) is 13.5. The Morgan fingerprint density at radius 2 is 1.63 bits per heavy atom. The summed E-state index contributed by atoms with van der Waals surface area (Å²) in [4.78, 5) is 70.3. The molecular formula is C41H37NO7. The third-order valence-corrected chi connectivity index (χ3v) is 11.1. The van der Waals surface area contributed by atoms with Gasteiger partial charge in [0, 0.05) is 35.9 Å². The number of likely N-dealkylation sites (tertiary alicyclic amines) is 1. The van der Waals surface area contributed by atoms with E-state index in [2.05, 4.69) is 6.58 Å². The molecule has 8 nitrogen and oxygen atoms in total. The molecule has 0 unspecified atom stereocenters. The number of carboxylic acids is 1. The number of hydrogen-bond donors (Lipinski definition) is 2. The van der Waals surface area contributed by atoms with Crippen molar-refractivity contribution in [2.75, 3.05) is 6.54 Å². The van der Waals surface area contributed by atoms with E-state index >= 15 is 4.79 Å². The van der Waals surface area contributed by atoms with Gasteiger partial charge >= 0.3 is 5.97 Å². The van der Waals surface area contributed by atoms with Crippen LogP contribution in [0.2, 0.25) is 0 Å². The number of carbonyl (C=O) groups excluding carboxylic acids is 4. The number of phenolic OH excluding ortho intramolecular Hbond substituents is 1. The maximum Gasteiger partial charge on any atom is 0.303 e.